The van der Waals surface area contributed by atoms with Crippen molar-refractivity contribution in [2.24, 2.45) is 0 Å². The number of carbonyl (C=O) groups is 1. The van der Waals surface area contributed by atoms with Gasteiger partial charge in [0.25, 0.3) is 0 Å². The Hall–Kier alpha value is -1.43. The number of rotatable bonds is 6. The standard InChI is InChI=1S/C16H14BrCl2NO3/c17-12-8-13(18)15(14(19)9-12)22-7-6-20-16(21)23-10-11-4-2-1-3-5-11/h1-5,8-9H,6-7,10H2,(H,20,21). The monoisotopic (exact) mass is 417 g/mol. The summed E-state index contributed by atoms with van der Waals surface area (Å²) < 4.78 is 11.3. The first-order valence-corrected chi connectivity index (χ1v) is 8.33. The molecule has 0 aliphatic heterocycles. The number of carbonyl (C=O) groups excluding carboxylic acids is 1. The van der Waals surface area contributed by atoms with Gasteiger partial charge in [-0.3, -0.25) is 0 Å². The van der Waals surface area contributed by atoms with Gasteiger partial charge in [-0.05, 0) is 17.7 Å². The summed E-state index contributed by atoms with van der Waals surface area (Å²) in [7, 11) is 0. The molecule has 122 valence electrons. The van der Waals surface area contributed by atoms with Crippen LogP contribution < -0.4 is 10.1 Å². The van der Waals surface area contributed by atoms with Crippen molar-refractivity contribution in [3.63, 3.8) is 0 Å². The van der Waals surface area contributed by atoms with E-state index in [-0.39, 0.29) is 19.8 Å². The van der Waals surface area contributed by atoms with E-state index in [0.717, 1.165) is 10.0 Å². The zero-order chi connectivity index (χ0) is 16.7. The molecule has 2 aromatic rings. The van der Waals surface area contributed by atoms with Gasteiger partial charge in [-0.1, -0.05) is 69.5 Å². The largest absolute Gasteiger partial charge is 0.489 e. The number of hydrogen-bond donors (Lipinski definition) is 1. The second kappa shape index (κ2) is 9.01. The molecule has 0 atom stereocenters. The van der Waals surface area contributed by atoms with Gasteiger partial charge in [0, 0.05) is 4.47 Å². The molecule has 0 saturated carbocycles. The van der Waals surface area contributed by atoms with Gasteiger partial charge in [-0.15, -0.1) is 0 Å². The molecular formula is C16H14BrCl2NO3. The number of alkyl carbamates (subject to hydrolysis) is 1. The highest BCUT2D eigenvalue weighted by atomic mass is 79.9. The van der Waals surface area contributed by atoms with Gasteiger partial charge in [0.05, 0.1) is 16.6 Å². The lowest BCUT2D eigenvalue weighted by atomic mass is 10.2. The quantitative estimate of drug-likeness (QED) is 0.666. The Morgan fingerprint density at radius 1 is 1.13 bits per heavy atom. The van der Waals surface area contributed by atoms with Gasteiger partial charge in [0.15, 0.2) is 5.75 Å². The summed E-state index contributed by atoms with van der Waals surface area (Å²) in [6.45, 7) is 0.718. The molecule has 1 N–H and O–H groups in total. The van der Waals surface area contributed by atoms with Crippen LogP contribution in [0.4, 0.5) is 4.79 Å². The molecule has 0 radical (unpaired) electrons. The zero-order valence-corrected chi connectivity index (χ0v) is 15.1. The molecule has 0 bridgehead atoms. The Bertz CT molecular complexity index is 645. The highest BCUT2D eigenvalue weighted by molar-refractivity contribution is 9.10. The molecule has 4 nitrogen and oxygen atoms in total. The van der Waals surface area contributed by atoms with Crippen molar-refractivity contribution in [1.29, 1.82) is 0 Å². The van der Waals surface area contributed by atoms with E-state index in [2.05, 4.69) is 21.2 Å². The van der Waals surface area contributed by atoms with E-state index < -0.39 is 6.09 Å². The van der Waals surface area contributed by atoms with Gasteiger partial charge >= 0.3 is 6.09 Å². The lowest BCUT2D eigenvalue weighted by Gasteiger charge is -2.11. The van der Waals surface area contributed by atoms with E-state index in [4.69, 9.17) is 32.7 Å². The summed E-state index contributed by atoms with van der Waals surface area (Å²) in [5.74, 6) is 0.385. The number of ether oxygens (including phenoxy) is 2. The molecule has 0 aromatic heterocycles. The fraction of sp³-hybridized carbons (Fsp3) is 0.188. The number of nitrogens with one attached hydrogen (secondary N) is 1. The Morgan fingerprint density at radius 3 is 2.43 bits per heavy atom. The number of benzene rings is 2. The van der Waals surface area contributed by atoms with Crippen LogP contribution in [0.25, 0.3) is 0 Å². The van der Waals surface area contributed by atoms with Crippen LogP contribution in [0.3, 0.4) is 0 Å². The first kappa shape index (κ1) is 17.9. The van der Waals surface area contributed by atoms with Crippen molar-refractivity contribution in [3.05, 3.63) is 62.5 Å². The lowest BCUT2D eigenvalue weighted by molar-refractivity contribution is 0.137. The lowest BCUT2D eigenvalue weighted by Crippen LogP contribution is -2.28. The third kappa shape index (κ3) is 5.94. The summed E-state index contributed by atoms with van der Waals surface area (Å²) in [6, 6.07) is 12.8. The molecule has 23 heavy (non-hydrogen) atoms. The number of amides is 1. The summed E-state index contributed by atoms with van der Waals surface area (Å²) in [6.07, 6.45) is -0.509. The molecule has 2 aromatic carbocycles. The van der Waals surface area contributed by atoms with E-state index >= 15 is 0 Å². The van der Waals surface area contributed by atoms with Gasteiger partial charge < -0.3 is 14.8 Å². The van der Waals surface area contributed by atoms with E-state index in [1.807, 2.05) is 30.3 Å². The molecule has 0 aliphatic rings. The van der Waals surface area contributed by atoms with Gasteiger partial charge in [0.2, 0.25) is 0 Å². The second-order valence-corrected chi connectivity index (χ2v) is 6.27. The molecule has 0 heterocycles. The van der Waals surface area contributed by atoms with Crippen molar-refractivity contribution < 1.29 is 14.3 Å². The molecule has 0 aliphatic carbocycles. The summed E-state index contributed by atoms with van der Waals surface area (Å²) in [5.41, 5.74) is 0.923. The van der Waals surface area contributed by atoms with Crippen molar-refractivity contribution >= 4 is 45.2 Å². The number of hydrogen-bond acceptors (Lipinski definition) is 3. The van der Waals surface area contributed by atoms with Gasteiger partial charge in [-0.2, -0.15) is 0 Å². The molecule has 0 saturated heterocycles. The van der Waals surface area contributed by atoms with Crippen LogP contribution in [0.5, 0.6) is 5.75 Å². The van der Waals surface area contributed by atoms with E-state index in [0.29, 0.717) is 15.8 Å². The first-order valence-electron chi connectivity index (χ1n) is 6.78. The Morgan fingerprint density at radius 2 is 1.78 bits per heavy atom. The Kier molecular flexibility index (Phi) is 7.02. The second-order valence-electron chi connectivity index (χ2n) is 4.54. The van der Waals surface area contributed by atoms with Gasteiger partial charge in [-0.25, -0.2) is 4.79 Å². The minimum atomic E-state index is -0.509. The van der Waals surface area contributed by atoms with Crippen LogP contribution in [-0.2, 0) is 11.3 Å². The third-order valence-electron chi connectivity index (χ3n) is 2.79. The van der Waals surface area contributed by atoms with E-state index in [1.54, 1.807) is 12.1 Å². The first-order chi connectivity index (χ1) is 11.1. The smallest absolute Gasteiger partial charge is 0.407 e. The van der Waals surface area contributed by atoms with Crippen molar-refractivity contribution in [2.75, 3.05) is 13.2 Å². The molecule has 0 unspecified atom stereocenters. The third-order valence-corrected chi connectivity index (χ3v) is 3.81. The predicted molar refractivity (Wildman–Crippen MR) is 94.3 cm³/mol. The fourth-order valence-corrected chi connectivity index (χ4v) is 3.06. The fourth-order valence-electron chi connectivity index (χ4n) is 1.75. The minimum absolute atomic E-state index is 0.220. The minimum Gasteiger partial charge on any atom is -0.489 e. The predicted octanol–water partition coefficient (Wildman–Crippen LogP) is 5.06. The molecule has 0 fully saturated rings. The topological polar surface area (TPSA) is 47.6 Å². The highest BCUT2D eigenvalue weighted by Crippen LogP contribution is 2.35. The van der Waals surface area contributed by atoms with Crippen LogP contribution in [0, 0.1) is 0 Å². The summed E-state index contributed by atoms with van der Waals surface area (Å²) in [5, 5.41) is 3.39. The average Bonchev–Trinajstić information content (AvgIpc) is 2.52. The van der Waals surface area contributed by atoms with Crippen molar-refractivity contribution in [3.8, 4) is 5.75 Å². The maximum atomic E-state index is 11.6. The Labute approximate surface area is 152 Å². The molecule has 7 heteroatoms. The van der Waals surface area contributed by atoms with Crippen LogP contribution in [0.15, 0.2) is 46.9 Å². The van der Waals surface area contributed by atoms with Crippen LogP contribution in [0.1, 0.15) is 5.56 Å². The van der Waals surface area contributed by atoms with E-state index in [1.165, 1.54) is 0 Å². The molecule has 2 rings (SSSR count). The van der Waals surface area contributed by atoms with Crippen LogP contribution >= 0.6 is 39.1 Å². The van der Waals surface area contributed by atoms with Crippen LogP contribution in [-0.4, -0.2) is 19.2 Å². The normalized spacial score (nSPS) is 10.2. The van der Waals surface area contributed by atoms with Crippen LogP contribution in [0.2, 0.25) is 10.0 Å². The molecular weight excluding hydrogens is 405 g/mol. The zero-order valence-electron chi connectivity index (χ0n) is 12.0. The maximum absolute atomic E-state index is 11.6. The van der Waals surface area contributed by atoms with E-state index in [9.17, 15) is 4.79 Å². The highest BCUT2D eigenvalue weighted by Gasteiger charge is 2.09. The summed E-state index contributed by atoms with van der Waals surface area (Å²) in [4.78, 5) is 11.6. The Balaban J connectivity index is 1.70. The van der Waals surface area contributed by atoms with Gasteiger partial charge in [0.1, 0.15) is 13.2 Å². The SMILES string of the molecule is O=C(NCCOc1c(Cl)cc(Br)cc1Cl)OCc1ccccc1. The number of halogens is 3. The average molecular weight is 419 g/mol. The maximum Gasteiger partial charge on any atom is 0.407 e. The molecule has 1 amide bonds. The van der Waals surface area contributed by atoms with Crippen molar-refractivity contribution in [2.45, 2.75) is 6.61 Å². The molecule has 0 spiro atoms. The van der Waals surface area contributed by atoms with Crippen molar-refractivity contribution in [1.82, 2.24) is 5.32 Å². The summed E-state index contributed by atoms with van der Waals surface area (Å²) >= 11 is 15.4.